The van der Waals surface area contributed by atoms with Crippen molar-refractivity contribution >= 4 is 17.3 Å². The van der Waals surface area contributed by atoms with Gasteiger partial charge in [0.15, 0.2) is 12.4 Å². The molecule has 0 saturated carbocycles. The SMILES string of the molecule is COc1ccc(OCC(=O)Nc2ccccc2OC)c([N+](=O)[O-])c1. The number of ether oxygens (including phenoxy) is 3. The van der Waals surface area contributed by atoms with E-state index in [1.54, 1.807) is 24.3 Å². The molecule has 0 bridgehead atoms. The minimum Gasteiger partial charge on any atom is -0.496 e. The van der Waals surface area contributed by atoms with Gasteiger partial charge in [0.05, 0.1) is 30.9 Å². The lowest BCUT2D eigenvalue weighted by Gasteiger charge is -2.11. The first-order valence-corrected chi connectivity index (χ1v) is 6.93. The van der Waals surface area contributed by atoms with Crippen LogP contribution in [0.25, 0.3) is 0 Å². The third kappa shape index (κ3) is 4.13. The zero-order valence-electron chi connectivity index (χ0n) is 13.1. The number of benzene rings is 2. The van der Waals surface area contributed by atoms with E-state index in [9.17, 15) is 14.9 Å². The molecular weight excluding hydrogens is 316 g/mol. The molecule has 2 aromatic carbocycles. The van der Waals surface area contributed by atoms with Crippen molar-refractivity contribution in [3.05, 3.63) is 52.6 Å². The summed E-state index contributed by atoms with van der Waals surface area (Å²) in [4.78, 5) is 22.4. The number of nitrogens with zero attached hydrogens (tertiary/aromatic N) is 1. The molecule has 1 amide bonds. The van der Waals surface area contributed by atoms with Gasteiger partial charge < -0.3 is 19.5 Å². The zero-order chi connectivity index (χ0) is 17.5. The Balaban J connectivity index is 2.05. The first-order chi connectivity index (χ1) is 11.5. The van der Waals surface area contributed by atoms with Gasteiger partial charge in [0.1, 0.15) is 11.5 Å². The van der Waals surface area contributed by atoms with Crippen molar-refractivity contribution in [1.29, 1.82) is 0 Å². The van der Waals surface area contributed by atoms with Crippen molar-refractivity contribution in [2.24, 2.45) is 0 Å². The number of hydrogen-bond acceptors (Lipinski definition) is 6. The van der Waals surface area contributed by atoms with Crippen molar-refractivity contribution in [3.8, 4) is 17.2 Å². The van der Waals surface area contributed by atoms with Gasteiger partial charge in [-0.3, -0.25) is 14.9 Å². The van der Waals surface area contributed by atoms with E-state index in [4.69, 9.17) is 14.2 Å². The van der Waals surface area contributed by atoms with E-state index in [0.717, 1.165) is 0 Å². The second-order valence-corrected chi connectivity index (χ2v) is 4.63. The summed E-state index contributed by atoms with van der Waals surface area (Å²) in [6.45, 7) is -0.384. The fourth-order valence-corrected chi connectivity index (χ4v) is 1.97. The molecule has 8 nitrogen and oxygen atoms in total. The third-order valence-corrected chi connectivity index (χ3v) is 3.10. The predicted octanol–water partition coefficient (Wildman–Crippen LogP) is 2.63. The topological polar surface area (TPSA) is 99.9 Å². The smallest absolute Gasteiger partial charge is 0.314 e. The summed E-state index contributed by atoms with van der Waals surface area (Å²) in [6, 6.07) is 11.0. The third-order valence-electron chi connectivity index (χ3n) is 3.10. The lowest BCUT2D eigenvalue weighted by Crippen LogP contribution is -2.20. The molecule has 0 heterocycles. The molecule has 2 aromatic rings. The summed E-state index contributed by atoms with van der Waals surface area (Å²) >= 11 is 0. The number of methoxy groups -OCH3 is 2. The van der Waals surface area contributed by atoms with Crippen LogP contribution < -0.4 is 19.5 Å². The maximum atomic E-state index is 12.0. The summed E-state index contributed by atoms with van der Waals surface area (Å²) in [6.07, 6.45) is 0. The number of rotatable bonds is 7. The highest BCUT2D eigenvalue weighted by Gasteiger charge is 2.18. The van der Waals surface area contributed by atoms with E-state index in [-0.39, 0.29) is 18.0 Å². The average Bonchev–Trinajstić information content (AvgIpc) is 2.60. The molecule has 0 aliphatic rings. The minimum atomic E-state index is -0.601. The van der Waals surface area contributed by atoms with Crippen LogP contribution in [0.4, 0.5) is 11.4 Å². The molecule has 0 aliphatic carbocycles. The van der Waals surface area contributed by atoms with Crippen molar-refractivity contribution in [2.45, 2.75) is 0 Å². The Kier molecular flexibility index (Phi) is 5.56. The molecule has 0 saturated heterocycles. The molecule has 0 fully saturated rings. The number of carbonyl (C=O) groups excluding carboxylic acids is 1. The maximum absolute atomic E-state index is 12.0. The lowest BCUT2D eigenvalue weighted by atomic mass is 10.3. The van der Waals surface area contributed by atoms with Crippen LogP contribution in [0, 0.1) is 10.1 Å². The van der Waals surface area contributed by atoms with Crippen LogP contribution in [0.2, 0.25) is 0 Å². The predicted molar refractivity (Wildman–Crippen MR) is 86.8 cm³/mol. The van der Waals surface area contributed by atoms with E-state index in [1.807, 2.05) is 0 Å². The van der Waals surface area contributed by atoms with Crippen LogP contribution in [0.3, 0.4) is 0 Å². The summed E-state index contributed by atoms with van der Waals surface area (Å²) in [7, 11) is 2.89. The van der Waals surface area contributed by atoms with Crippen molar-refractivity contribution in [1.82, 2.24) is 0 Å². The number of anilines is 1. The highest BCUT2D eigenvalue weighted by Crippen LogP contribution is 2.31. The van der Waals surface area contributed by atoms with Crippen molar-refractivity contribution in [3.63, 3.8) is 0 Å². The second kappa shape index (κ2) is 7.82. The van der Waals surface area contributed by atoms with E-state index in [1.165, 1.54) is 32.4 Å². The number of para-hydroxylation sites is 2. The Morgan fingerprint density at radius 2 is 1.88 bits per heavy atom. The maximum Gasteiger partial charge on any atom is 0.314 e. The molecule has 0 unspecified atom stereocenters. The first kappa shape index (κ1) is 17.1. The summed E-state index contributed by atoms with van der Waals surface area (Å²) in [5.41, 5.74) is 0.206. The molecule has 0 atom stereocenters. The Bertz CT molecular complexity index is 747. The lowest BCUT2D eigenvalue weighted by molar-refractivity contribution is -0.385. The van der Waals surface area contributed by atoms with Gasteiger partial charge in [0.2, 0.25) is 0 Å². The molecule has 24 heavy (non-hydrogen) atoms. The van der Waals surface area contributed by atoms with Crippen molar-refractivity contribution in [2.75, 3.05) is 26.1 Å². The Morgan fingerprint density at radius 3 is 2.54 bits per heavy atom. The molecule has 0 aromatic heterocycles. The van der Waals surface area contributed by atoms with Gasteiger partial charge in [-0.05, 0) is 24.3 Å². The summed E-state index contributed by atoms with van der Waals surface area (Å²) < 4.78 is 15.3. The van der Waals surface area contributed by atoms with Gasteiger partial charge in [-0.25, -0.2) is 0 Å². The van der Waals surface area contributed by atoms with Crippen LogP contribution >= 0.6 is 0 Å². The van der Waals surface area contributed by atoms with Crippen LogP contribution in [0.5, 0.6) is 17.2 Å². The molecular formula is C16H16N2O6. The van der Waals surface area contributed by atoms with Gasteiger partial charge in [-0.1, -0.05) is 12.1 Å². The van der Waals surface area contributed by atoms with Gasteiger partial charge in [-0.15, -0.1) is 0 Å². The largest absolute Gasteiger partial charge is 0.496 e. The van der Waals surface area contributed by atoms with Crippen LogP contribution in [-0.2, 0) is 4.79 Å². The molecule has 126 valence electrons. The van der Waals surface area contributed by atoms with Gasteiger partial charge in [0.25, 0.3) is 5.91 Å². The average molecular weight is 332 g/mol. The Hall–Kier alpha value is -3.29. The van der Waals surface area contributed by atoms with Crippen molar-refractivity contribution < 1.29 is 23.9 Å². The van der Waals surface area contributed by atoms with E-state index < -0.39 is 10.8 Å². The van der Waals surface area contributed by atoms with Gasteiger partial charge in [0, 0.05) is 0 Å². The van der Waals surface area contributed by atoms with Crippen LogP contribution in [-0.4, -0.2) is 31.7 Å². The molecule has 1 N–H and O–H groups in total. The number of nitro groups is 1. The number of hydrogen-bond donors (Lipinski definition) is 1. The van der Waals surface area contributed by atoms with E-state index in [0.29, 0.717) is 17.2 Å². The fourth-order valence-electron chi connectivity index (χ4n) is 1.97. The number of nitro benzene ring substituents is 1. The highest BCUT2D eigenvalue weighted by atomic mass is 16.6. The molecule has 8 heteroatoms. The Labute approximate surface area is 138 Å². The normalized spacial score (nSPS) is 9.92. The quantitative estimate of drug-likeness (QED) is 0.618. The second-order valence-electron chi connectivity index (χ2n) is 4.63. The van der Waals surface area contributed by atoms with Crippen LogP contribution in [0.15, 0.2) is 42.5 Å². The first-order valence-electron chi connectivity index (χ1n) is 6.93. The monoisotopic (exact) mass is 332 g/mol. The van der Waals surface area contributed by atoms with Gasteiger partial charge >= 0.3 is 5.69 Å². The number of nitrogens with one attached hydrogen (secondary N) is 1. The molecule has 0 spiro atoms. The summed E-state index contributed by atoms with van der Waals surface area (Å²) in [5, 5.41) is 13.7. The van der Waals surface area contributed by atoms with Gasteiger partial charge in [-0.2, -0.15) is 0 Å². The molecule has 0 radical (unpaired) electrons. The van der Waals surface area contributed by atoms with E-state index >= 15 is 0 Å². The fraction of sp³-hybridized carbons (Fsp3) is 0.188. The number of carbonyl (C=O) groups is 1. The van der Waals surface area contributed by atoms with E-state index in [2.05, 4.69) is 5.32 Å². The standard InChI is InChI=1S/C16H16N2O6/c1-22-11-7-8-15(13(9-11)18(20)21)24-10-16(19)17-12-5-3-4-6-14(12)23-2/h3-9H,10H2,1-2H3,(H,17,19). The minimum absolute atomic E-state index is 0.0176. The zero-order valence-corrected chi connectivity index (χ0v) is 13.1. The molecule has 0 aliphatic heterocycles. The molecule has 2 rings (SSSR count). The summed E-state index contributed by atoms with van der Waals surface area (Å²) in [5.74, 6) is 0.342. The van der Waals surface area contributed by atoms with Crippen LogP contribution in [0.1, 0.15) is 0 Å². The highest BCUT2D eigenvalue weighted by molar-refractivity contribution is 5.93. The number of amides is 1. The Morgan fingerprint density at radius 1 is 1.12 bits per heavy atom.